The number of H-pyrrole nitrogens is 1. The van der Waals surface area contributed by atoms with Crippen molar-refractivity contribution in [2.24, 2.45) is 7.05 Å². The van der Waals surface area contributed by atoms with Gasteiger partial charge in [0, 0.05) is 37.0 Å². The number of benzene rings is 1. The molecule has 0 fully saturated rings. The quantitative estimate of drug-likeness (QED) is 0.462. The van der Waals surface area contributed by atoms with Gasteiger partial charge in [0.1, 0.15) is 10.7 Å². The van der Waals surface area contributed by atoms with Gasteiger partial charge in [0.15, 0.2) is 10.6 Å². The molecule has 2 amide bonds. The molecular weight excluding hydrogens is 556 g/mol. The lowest BCUT2D eigenvalue weighted by atomic mass is 9.98. The summed E-state index contributed by atoms with van der Waals surface area (Å²) in [5, 5.41) is 6.04. The maximum atomic E-state index is 13.5. The van der Waals surface area contributed by atoms with Crippen LogP contribution in [0.3, 0.4) is 0 Å². The van der Waals surface area contributed by atoms with Crippen LogP contribution in [0, 0.1) is 4.77 Å². The average Bonchev–Trinajstić information content (AvgIpc) is 3.11. The number of alkyl halides is 3. The third-order valence-corrected chi connectivity index (χ3v) is 7.01. The number of carbonyl (C=O) groups excluding carboxylic acids is 2. The number of aromatic nitrogens is 4. The molecule has 196 valence electrons. The monoisotopic (exact) mass is 574 g/mol. The Kier molecular flexibility index (Phi) is 6.99. The van der Waals surface area contributed by atoms with Gasteiger partial charge in [-0.15, -0.1) is 0 Å². The topological polar surface area (TPSA) is 105 Å². The molecule has 0 bridgehead atoms. The zero-order valence-electron chi connectivity index (χ0n) is 19.5. The van der Waals surface area contributed by atoms with Crippen LogP contribution in [-0.4, -0.2) is 49.1 Å². The van der Waals surface area contributed by atoms with Crippen molar-refractivity contribution in [2.75, 3.05) is 7.05 Å². The van der Waals surface area contributed by atoms with Crippen LogP contribution < -0.4 is 10.9 Å². The van der Waals surface area contributed by atoms with Crippen LogP contribution in [0.25, 0.3) is 5.82 Å². The van der Waals surface area contributed by atoms with Gasteiger partial charge >= 0.3 is 6.18 Å². The normalized spacial score (nSPS) is 15.5. The van der Waals surface area contributed by atoms with Gasteiger partial charge in [-0.05, 0) is 43.8 Å². The van der Waals surface area contributed by atoms with Crippen molar-refractivity contribution >= 4 is 47.2 Å². The van der Waals surface area contributed by atoms with E-state index in [1.54, 1.807) is 6.92 Å². The molecule has 4 rings (SSSR count). The Bertz CT molecular complexity index is 1560. The first-order valence-electron chi connectivity index (χ1n) is 10.8. The predicted molar refractivity (Wildman–Crippen MR) is 132 cm³/mol. The van der Waals surface area contributed by atoms with E-state index in [4.69, 9.17) is 35.4 Å². The maximum Gasteiger partial charge on any atom is 0.417 e. The average molecular weight is 575 g/mol. The zero-order valence-corrected chi connectivity index (χ0v) is 21.9. The van der Waals surface area contributed by atoms with Crippen LogP contribution in [0.1, 0.15) is 44.6 Å². The summed E-state index contributed by atoms with van der Waals surface area (Å²) in [5.74, 6) is -1.21. The van der Waals surface area contributed by atoms with Crippen LogP contribution in [-0.2, 0) is 26.2 Å². The smallest absolute Gasteiger partial charge is 0.354 e. The second kappa shape index (κ2) is 9.62. The fraction of sp³-hybridized carbons (Fsp3) is 0.318. The number of rotatable bonds is 3. The SMILES string of the molecule is CNC(=O)c1c(Cl)c(-n2c(=S)[nH]c3c(c2=O)C[C@@H](C)N(C(=O)c2ccc(Cl)c(C(F)(F)F)c2)C3)nn1C. The Labute approximate surface area is 222 Å². The molecule has 0 unspecified atom stereocenters. The Morgan fingerprint density at radius 3 is 2.57 bits per heavy atom. The van der Waals surface area contributed by atoms with E-state index >= 15 is 0 Å². The molecule has 2 aromatic heterocycles. The predicted octanol–water partition coefficient (Wildman–Crippen LogP) is 3.90. The van der Waals surface area contributed by atoms with Crippen LogP contribution in [0.5, 0.6) is 0 Å². The van der Waals surface area contributed by atoms with Gasteiger partial charge in [-0.1, -0.05) is 23.2 Å². The Hall–Kier alpha value is -3.16. The second-order valence-electron chi connectivity index (χ2n) is 8.40. The number of aryl methyl sites for hydroxylation is 1. The molecule has 0 spiro atoms. The molecule has 2 N–H and O–H groups in total. The number of amides is 2. The molecule has 0 saturated heterocycles. The Balaban J connectivity index is 1.74. The highest BCUT2D eigenvalue weighted by atomic mass is 35.5. The molecule has 1 aromatic carbocycles. The first-order chi connectivity index (χ1) is 17.3. The number of carbonyl (C=O) groups is 2. The van der Waals surface area contributed by atoms with Gasteiger partial charge in [-0.25, -0.2) is 4.57 Å². The lowest BCUT2D eigenvalue weighted by Gasteiger charge is -2.34. The number of hydrogen-bond donors (Lipinski definition) is 2. The van der Waals surface area contributed by atoms with Crippen molar-refractivity contribution < 1.29 is 22.8 Å². The first-order valence-corrected chi connectivity index (χ1v) is 11.9. The first kappa shape index (κ1) is 26.9. The summed E-state index contributed by atoms with van der Waals surface area (Å²) in [6, 6.07) is 2.40. The summed E-state index contributed by atoms with van der Waals surface area (Å²) < 4.78 is 42.1. The molecule has 15 heteroatoms. The molecular formula is C22H19Cl2F3N6O3S. The van der Waals surface area contributed by atoms with E-state index in [9.17, 15) is 27.6 Å². The van der Waals surface area contributed by atoms with Gasteiger partial charge in [0.05, 0.1) is 17.1 Å². The maximum absolute atomic E-state index is 13.5. The van der Waals surface area contributed by atoms with Gasteiger partial charge in [-0.3, -0.25) is 19.1 Å². The van der Waals surface area contributed by atoms with E-state index in [-0.39, 0.29) is 39.8 Å². The third-order valence-electron chi connectivity index (χ3n) is 6.05. The van der Waals surface area contributed by atoms with Crippen molar-refractivity contribution in [1.29, 1.82) is 0 Å². The number of nitrogens with one attached hydrogen (secondary N) is 2. The molecule has 3 aromatic rings. The lowest BCUT2D eigenvalue weighted by molar-refractivity contribution is -0.137. The highest BCUT2D eigenvalue weighted by Gasteiger charge is 2.36. The van der Waals surface area contributed by atoms with E-state index in [0.717, 1.165) is 10.6 Å². The van der Waals surface area contributed by atoms with Crippen LogP contribution in [0.2, 0.25) is 10.0 Å². The number of nitrogens with zero attached hydrogens (tertiary/aromatic N) is 4. The standard InChI is InChI=1S/C22H19Cl2F3N6O3S/c1-9-6-11-14(8-32(9)19(35)10-4-5-13(23)12(7-10)22(25,26)27)29-21(37)33(20(11)36)17-15(24)16(18(34)28-2)31(3)30-17/h4-5,7,9H,6,8H2,1-3H3,(H,28,34)(H,29,37)/t9-/m1/s1. The lowest BCUT2D eigenvalue weighted by Crippen LogP contribution is -2.46. The minimum Gasteiger partial charge on any atom is -0.354 e. The molecule has 37 heavy (non-hydrogen) atoms. The fourth-order valence-corrected chi connectivity index (χ4v) is 5.04. The van der Waals surface area contributed by atoms with E-state index in [1.807, 2.05) is 0 Å². The van der Waals surface area contributed by atoms with Crippen LogP contribution >= 0.6 is 35.4 Å². The van der Waals surface area contributed by atoms with E-state index in [1.165, 1.54) is 29.7 Å². The molecule has 9 nitrogen and oxygen atoms in total. The van der Waals surface area contributed by atoms with Gasteiger partial charge in [0.2, 0.25) is 0 Å². The fourth-order valence-electron chi connectivity index (χ4n) is 4.19. The largest absolute Gasteiger partial charge is 0.417 e. The molecule has 1 atom stereocenters. The number of hydrogen-bond acceptors (Lipinski definition) is 5. The third kappa shape index (κ3) is 4.66. The van der Waals surface area contributed by atoms with Crippen molar-refractivity contribution in [3.8, 4) is 5.82 Å². The minimum absolute atomic E-state index is 0.0320. The molecule has 0 radical (unpaired) electrons. The highest BCUT2D eigenvalue weighted by Crippen LogP contribution is 2.36. The van der Waals surface area contributed by atoms with E-state index in [0.29, 0.717) is 17.3 Å². The van der Waals surface area contributed by atoms with Crippen molar-refractivity contribution in [3.63, 3.8) is 0 Å². The molecule has 1 aliphatic heterocycles. The summed E-state index contributed by atoms with van der Waals surface area (Å²) in [6.45, 7) is 1.57. The summed E-state index contributed by atoms with van der Waals surface area (Å²) >= 11 is 17.4. The summed E-state index contributed by atoms with van der Waals surface area (Å²) in [7, 11) is 2.91. The minimum atomic E-state index is -4.73. The summed E-state index contributed by atoms with van der Waals surface area (Å²) in [4.78, 5) is 43.1. The van der Waals surface area contributed by atoms with Crippen molar-refractivity contribution in [1.82, 2.24) is 29.5 Å². The number of halogens is 5. The van der Waals surface area contributed by atoms with Gasteiger partial charge in [0.25, 0.3) is 17.4 Å². The summed E-state index contributed by atoms with van der Waals surface area (Å²) in [5.41, 5.74) is -1.17. The summed E-state index contributed by atoms with van der Waals surface area (Å²) in [6.07, 6.45) is -4.65. The molecule has 0 saturated carbocycles. The van der Waals surface area contributed by atoms with Gasteiger partial charge < -0.3 is 15.2 Å². The molecule has 1 aliphatic rings. The Morgan fingerprint density at radius 1 is 1.27 bits per heavy atom. The number of aromatic amines is 1. The zero-order chi connectivity index (χ0) is 27.4. The van der Waals surface area contributed by atoms with E-state index in [2.05, 4.69) is 15.4 Å². The van der Waals surface area contributed by atoms with Crippen LogP contribution in [0.4, 0.5) is 13.2 Å². The van der Waals surface area contributed by atoms with Crippen LogP contribution in [0.15, 0.2) is 23.0 Å². The number of fused-ring (bicyclic) bond motifs is 1. The van der Waals surface area contributed by atoms with Gasteiger partial charge in [-0.2, -0.15) is 18.3 Å². The van der Waals surface area contributed by atoms with Crippen molar-refractivity contribution in [3.05, 3.63) is 71.4 Å². The van der Waals surface area contributed by atoms with Crippen molar-refractivity contribution in [2.45, 2.75) is 32.1 Å². The second-order valence-corrected chi connectivity index (χ2v) is 9.57. The Morgan fingerprint density at radius 2 is 1.95 bits per heavy atom. The molecule has 3 heterocycles. The highest BCUT2D eigenvalue weighted by molar-refractivity contribution is 7.71. The molecule has 0 aliphatic carbocycles. The van der Waals surface area contributed by atoms with E-state index < -0.39 is 40.2 Å².